The van der Waals surface area contributed by atoms with Crippen molar-refractivity contribution in [2.24, 2.45) is 11.7 Å². The molecule has 3 unspecified atom stereocenters. The highest BCUT2D eigenvalue weighted by Crippen LogP contribution is 2.38. The average molecular weight is 284 g/mol. The van der Waals surface area contributed by atoms with Gasteiger partial charge in [0.1, 0.15) is 0 Å². The summed E-state index contributed by atoms with van der Waals surface area (Å²) in [5, 5.41) is 0. The van der Waals surface area contributed by atoms with E-state index in [1.165, 1.54) is 5.56 Å². The third-order valence-corrected chi connectivity index (χ3v) is 4.64. The van der Waals surface area contributed by atoms with E-state index < -0.39 is 12.1 Å². The van der Waals surface area contributed by atoms with Crippen molar-refractivity contribution in [2.75, 3.05) is 13.1 Å². The van der Waals surface area contributed by atoms with Gasteiger partial charge < -0.3 is 5.73 Å². The molecule has 1 aromatic carbocycles. The summed E-state index contributed by atoms with van der Waals surface area (Å²) >= 11 is 0. The van der Waals surface area contributed by atoms with Gasteiger partial charge in [-0.15, -0.1) is 0 Å². The SMILES string of the molecule is NC1c2ccccc2CC1N1CCCC(C(F)(F)F)C1. The highest BCUT2D eigenvalue weighted by atomic mass is 19.4. The molecule has 0 bridgehead atoms. The van der Waals surface area contributed by atoms with Crippen LogP contribution in [0.5, 0.6) is 0 Å². The van der Waals surface area contributed by atoms with Crippen molar-refractivity contribution in [3.63, 3.8) is 0 Å². The maximum absolute atomic E-state index is 12.9. The second-order valence-corrected chi connectivity index (χ2v) is 5.87. The normalized spacial score (nSPS) is 31.3. The molecule has 0 amide bonds. The van der Waals surface area contributed by atoms with Gasteiger partial charge in [-0.05, 0) is 36.9 Å². The number of fused-ring (bicyclic) bond motifs is 1. The van der Waals surface area contributed by atoms with Crippen LogP contribution in [0.25, 0.3) is 0 Å². The Morgan fingerprint density at radius 2 is 1.95 bits per heavy atom. The van der Waals surface area contributed by atoms with Crippen molar-refractivity contribution in [2.45, 2.75) is 37.5 Å². The lowest BCUT2D eigenvalue weighted by Gasteiger charge is -2.39. The Morgan fingerprint density at radius 3 is 2.65 bits per heavy atom. The molecule has 110 valence electrons. The number of rotatable bonds is 1. The van der Waals surface area contributed by atoms with Crippen LogP contribution in [-0.2, 0) is 6.42 Å². The summed E-state index contributed by atoms with van der Waals surface area (Å²) in [5.74, 6) is -1.20. The van der Waals surface area contributed by atoms with E-state index in [2.05, 4.69) is 0 Å². The van der Waals surface area contributed by atoms with Crippen LogP contribution in [-0.4, -0.2) is 30.2 Å². The number of hydrogen-bond acceptors (Lipinski definition) is 2. The average Bonchev–Trinajstić information content (AvgIpc) is 2.76. The Labute approximate surface area is 116 Å². The second-order valence-electron chi connectivity index (χ2n) is 5.87. The zero-order valence-electron chi connectivity index (χ0n) is 11.2. The van der Waals surface area contributed by atoms with E-state index >= 15 is 0 Å². The first kappa shape index (κ1) is 13.9. The van der Waals surface area contributed by atoms with Crippen molar-refractivity contribution >= 4 is 0 Å². The summed E-state index contributed by atoms with van der Waals surface area (Å²) in [6.45, 7) is 0.814. The van der Waals surface area contributed by atoms with E-state index in [-0.39, 0.29) is 25.0 Å². The zero-order valence-corrected chi connectivity index (χ0v) is 11.2. The smallest absolute Gasteiger partial charge is 0.323 e. The Morgan fingerprint density at radius 1 is 1.20 bits per heavy atom. The first-order valence-electron chi connectivity index (χ1n) is 7.11. The monoisotopic (exact) mass is 284 g/mol. The molecule has 1 fully saturated rings. The van der Waals surface area contributed by atoms with Gasteiger partial charge in [0.25, 0.3) is 0 Å². The molecule has 1 aromatic rings. The highest BCUT2D eigenvalue weighted by molar-refractivity contribution is 5.36. The highest BCUT2D eigenvalue weighted by Gasteiger charge is 2.44. The third kappa shape index (κ3) is 2.44. The second kappa shape index (κ2) is 5.04. The van der Waals surface area contributed by atoms with E-state index in [1.807, 2.05) is 29.2 Å². The Bertz CT molecular complexity index is 486. The topological polar surface area (TPSA) is 29.3 Å². The lowest BCUT2D eigenvalue weighted by atomic mass is 9.95. The molecule has 0 saturated carbocycles. The van der Waals surface area contributed by atoms with Gasteiger partial charge >= 0.3 is 6.18 Å². The summed E-state index contributed by atoms with van der Waals surface area (Å²) in [5.41, 5.74) is 8.52. The summed E-state index contributed by atoms with van der Waals surface area (Å²) in [6, 6.07) is 7.76. The van der Waals surface area contributed by atoms with Crippen LogP contribution in [0.1, 0.15) is 30.0 Å². The largest absolute Gasteiger partial charge is 0.393 e. The minimum atomic E-state index is -4.09. The van der Waals surface area contributed by atoms with Crippen LogP contribution < -0.4 is 5.73 Å². The fraction of sp³-hybridized carbons (Fsp3) is 0.600. The molecule has 3 atom stereocenters. The van der Waals surface area contributed by atoms with Gasteiger partial charge in [0.05, 0.1) is 5.92 Å². The number of nitrogens with zero attached hydrogens (tertiary/aromatic N) is 1. The number of nitrogens with two attached hydrogens (primary N) is 1. The molecule has 20 heavy (non-hydrogen) atoms. The van der Waals surface area contributed by atoms with E-state index in [4.69, 9.17) is 5.73 Å². The summed E-state index contributed by atoms with van der Waals surface area (Å²) in [7, 11) is 0. The number of halogens is 3. The Kier molecular flexibility index (Phi) is 3.50. The van der Waals surface area contributed by atoms with Crippen LogP contribution in [0.3, 0.4) is 0 Å². The molecular weight excluding hydrogens is 265 g/mol. The number of likely N-dealkylation sites (tertiary alicyclic amines) is 1. The number of hydrogen-bond donors (Lipinski definition) is 1. The third-order valence-electron chi connectivity index (χ3n) is 4.64. The van der Waals surface area contributed by atoms with Gasteiger partial charge in [-0.2, -0.15) is 13.2 Å². The fourth-order valence-electron chi connectivity index (χ4n) is 3.54. The van der Waals surface area contributed by atoms with Crippen molar-refractivity contribution in [3.8, 4) is 0 Å². The van der Waals surface area contributed by atoms with Crippen LogP contribution in [0.15, 0.2) is 24.3 Å². The number of benzene rings is 1. The minimum Gasteiger partial charge on any atom is -0.323 e. The van der Waals surface area contributed by atoms with Crippen LogP contribution in [0.4, 0.5) is 13.2 Å². The molecule has 3 rings (SSSR count). The molecule has 1 aliphatic carbocycles. The van der Waals surface area contributed by atoms with E-state index in [0.717, 1.165) is 18.5 Å². The minimum absolute atomic E-state index is 0.0116. The van der Waals surface area contributed by atoms with Gasteiger partial charge in [-0.3, -0.25) is 4.90 Å². The van der Waals surface area contributed by atoms with Crippen molar-refractivity contribution in [3.05, 3.63) is 35.4 Å². The molecule has 0 radical (unpaired) electrons. The fourth-order valence-corrected chi connectivity index (χ4v) is 3.54. The summed E-state index contributed by atoms with van der Waals surface area (Å²) in [6.07, 6.45) is -2.48. The standard InChI is InChI=1S/C15H19F3N2/c16-15(17,18)11-5-3-7-20(9-11)13-8-10-4-1-2-6-12(10)14(13)19/h1-2,4,6,11,13-14H,3,5,7-9,19H2. The predicted octanol–water partition coefficient (Wildman–Crippen LogP) is 2.89. The molecule has 0 aromatic heterocycles. The van der Waals surface area contributed by atoms with E-state index in [0.29, 0.717) is 6.42 Å². The molecule has 2 aliphatic rings. The van der Waals surface area contributed by atoms with Crippen molar-refractivity contribution in [1.29, 1.82) is 0 Å². The molecule has 2 N–H and O–H groups in total. The first-order valence-corrected chi connectivity index (χ1v) is 7.11. The molecule has 1 heterocycles. The molecule has 0 spiro atoms. The number of piperidine rings is 1. The predicted molar refractivity (Wildman–Crippen MR) is 71.2 cm³/mol. The van der Waals surface area contributed by atoms with Gasteiger partial charge in [0.2, 0.25) is 0 Å². The maximum Gasteiger partial charge on any atom is 0.393 e. The quantitative estimate of drug-likeness (QED) is 0.859. The van der Waals surface area contributed by atoms with E-state index in [9.17, 15) is 13.2 Å². The van der Waals surface area contributed by atoms with Crippen molar-refractivity contribution in [1.82, 2.24) is 4.90 Å². The van der Waals surface area contributed by atoms with E-state index in [1.54, 1.807) is 0 Å². The molecule has 2 nitrogen and oxygen atoms in total. The van der Waals surface area contributed by atoms with Gasteiger partial charge in [-0.1, -0.05) is 24.3 Å². The van der Waals surface area contributed by atoms with Crippen LogP contribution >= 0.6 is 0 Å². The summed E-state index contributed by atoms with van der Waals surface area (Å²) < 4.78 is 38.7. The lowest BCUT2D eigenvalue weighted by Crippen LogP contribution is -2.49. The molecule has 5 heteroatoms. The first-order chi connectivity index (χ1) is 9.47. The zero-order chi connectivity index (χ0) is 14.3. The maximum atomic E-state index is 12.9. The molecule has 1 saturated heterocycles. The summed E-state index contributed by atoms with van der Waals surface area (Å²) in [4.78, 5) is 1.95. The van der Waals surface area contributed by atoms with Crippen molar-refractivity contribution < 1.29 is 13.2 Å². The number of alkyl halides is 3. The van der Waals surface area contributed by atoms with Crippen LogP contribution in [0, 0.1) is 5.92 Å². The molecule has 1 aliphatic heterocycles. The lowest BCUT2D eigenvalue weighted by molar-refractivity contribution is -0.188. The Hall–Kier alpha value is -1.07. The van der Waals surface area contributed by atoms with Crippen LogP contribution in [0.2, 0.25) is 0 Å². The molecular formula is C15H19F3N2. The Balaban J connectivity index is 1.75. The van der Waals surface area contributed by atoms with Gasteiger partial charge in [0, 0.05) is 18.6 Å². The van der Waals surface area contributed by atoms with Gasteiger partial charge in [0.15, 0.2) is 0 Å². The van der Waals surface area contributed by atoms with Gasteiger partial charge in [-0.25, -0.2) is 0 Å².